The van der Waals surface area contributed by atoms with Gasteiger partial charge in [0.05, 0.1) is 6.21 Å². The molecule has 1 N–H and O–H groups in total. The normalized spacial score (nSPS) is 11.9. The fourth-order valence-electron chi connectivity index (χ4n) is 3.16. The summed E-state index contributed by atoms with van der Waals surface area (Å²) in [5.74, 6) is 1.04. The summed E-state index contributed by atoms with van der Waals surface area (Å²) < 4.78 is 11.5. The number of nitrogens with one attached hydrogen (secondary N) is 1. The van der Waals surface area contributed by atoms with E-state index in [2.05, 4.69) is 10.5 Å². The molecule has 4 aromatic carbocycles. The van der Waals surface area contributed by atoms with Crippen LogP contribution in [-0.2, 0) is 11.4 Å². The molecule has 33 heavy (non-hydrogen) atoms. The summed E-state index contributed by atoms with van der Waals surface area (Å²) in [7, 11) is 0. The molecule has 4 aromatic rings. The Labute approximate surface area is 197 Å². The van der Waals surface area contributed by atoms with Crippen LogP contribution in [0.1, 0.15) is 18.1 Å². The summed E-state index contributed by atoms with van der Waals surface area (Å²) in [6.07, 6.45) is 0.885. The average Bonchev–Trinajstić information content (AvgIpc) is 2.84. The molecule has 0 heterocycles. The Bertz CT molecular complexity index is 1250. The van der Waals surface area contributed by atoms with Gasteiger partial charge < -0.3 is 9.47 Å². The summed E-state index contributed by atoms with van der Waals surface area (Å²) in [5.41, 5.74) is 4.38. The van der Waals surface area contributed by atoms with Crippen LogP contribution >= 0.6 is 11.6 Å². The van der Waals surface area contributed by atoms with E-state index in [1.807, 2.05) is 91.0 Å². The molecule has 0 saturated heterocycles. The number of hydrazone groups is 1. The smallest absolute Gasteiger partial charge is 0.280 e. The summed E-state index contributed by atoms with van der Waals surface area (Å²) >= 11 is 5.89. The Hall–Kier alpha value is -3.83. The fourth-order valence-corrected chi connectivity index (χ4v) is 3.28. The van der Waals surface area contributed by atoms with Gasteiger partial charge in [-0.2, -0.15) is 5.10 Å². The van der Waals surface area contributed by atoms with Gasteiger partial charge in [-0.15, -0.1) is 0 Å². The van der Waals surface area contributed by atoms with Gasteiger partial charge in [0, 0.05) is 5.02 Å². The lowest BCUT2D eigenvalue weighted by Gasteiger charge is -2.13. The molecule has 0 aliphatic rings. The molecular formula is C27H23ClN2O3. The number of carbonyl (C=O) groups is 1. The van der Waals surface area contributed by atoms with Crippen molar-refractivity contribution >= 4 is 34.5 Å². The first-order valence-electron chi connectivity index (χ1n) is 10.5. The molecule has 0 fully saturated rings. The molecule has 0 bridgehead atoms. The molecule has 4 rings (SSSR count). The Balaban J connectivity index is 1.26. The highest BCUT2D eigenvalue weighted by molar-refractivity contribution is 6.30. The second-order valence-corrected chi connectivity index (χ2v) is 7.92. The first-order chi connectivity index (χ1) is 16.1. The van der Waals surface area contributed by atoms with Gasteiger partial charge in [0.2, 0.25) is 0 Å². The van der Waals surface area contributed by atoms with E-state index in [0.29, 0.717) is 17.4 Å². The van der Waals surface area contributed by atoms with Gasteiger partial charge in [0.15, 0.2) is 6.10 Å². The minimum absolute atomic E-state index is 0.331. The second-order valence-electron chi connectivity index (χ2n) is 7.49. The van der Waals surface area contributed by atoms with Crippen molar-refractivity contribution in [1.82, 2.24) is 5.43 Å². The Morgan fingerprint density at radius 3 is 2.39 bits per heavy atom. The standard InChI is InChI=1S/C27H23ClN2O3/c1-19(33-26-15-10-22-4-2-3-5-23(22)16-26)27(31)30-29-17-20-8-13-25(14-9-20)32-18-21-6-11-24(28)12-7-21/h2-17,19H,18H2,1H3,(H,30,31)/b29-17+. The SMILES string of the molecule is CC(Oc1ccc2ccccc2c1)C(=O)N/N=C/c1ccc(OCc2ccc(Cl)cc2)cc1. The quantitative estimate of drug-likeness (QED) is 0.260. The Kier molecular flexibility index (Phi) is 7.22. The predicted molar refractivity (Wildman–Crippen MR) is 132 cm³/mol. The zero-order valence-corrected chi connectivity index (χ0v) is 18.8. The van der Waals surface area contributed by atoms with Crippen molar-refractivity contribution < 1.29 is 14.3 Å². The first-order valence-corrected chi connectivity index (χ1v) is 10.9. The summed E-state index contributed by atoms with van der Waals surface area (Å²) in [4.78, 5) is 12.3. The fraction of sp³-hybridized carbons (Fsp3) is 0.111. The largest absolute Gasteiger partial charge is 0.489 e. The van der Waals surface area contributed by atoms with Crippen LogP contribution in [0.5, 0.6) is 11.5 Å². The van der Waals surface area contributed by atoms with Crippen molar-refractivity contribution in [3.63, 3.8) is 0 Å². The van der Waals surface area contributed by atoms with Crippen LogP contribution in [-0.4, -0.2) is 18.2 Å². The first kappa shape index (κ1) is 22.4. The molecule has 1 atom stereocenters. The van der Waals surface area contributed by atoms with E-state index in [-0.39, 0.29) is 5.91 Å². The molecule has 1 amide bonds. The van der Waals surface area contributed by atoms with Crippen LogP contribution in [0.15, 0.2) is 96.1 Å². The van der Waals surface area contributed by atoms with Crippen molar-refractivity contribution in [2.75, 3.05) is 0 Å². The zero-order valence-electron chi connectivity index (χ0n) is 18.1. The van der Waals surface area contributed by atoms with E-state index < -0.39 is 6.10 Å². The number of fused-ring (bicyclic) bond motifs is 1. The predicted octanol–water partition coefficient (Wildman–Crippen LogP) is 5.99. The molecule has 166 valence electrons. The molecule has 0 saturated carbocycles. The van der Waals surface area contributed by atoms with Crippen LogP contribution < -0.4 is 14.9 Å². The van der Waals surface area contributed by atoms with Gasteiger partial charge in [-0.1, -0.05) is 54.1 Å². The average molecular weight is 459 g/mol. The number of ether oxygens (including phenoxy) is 2. The van der Waals surface area contributed by atoms with Crippen LogP contribution in [0.3, 0.4) is 0 Å². The molecule has 1 unspecified atom stereocenters. The summed E-state index contributed by atoms with van der Waals surface area (Å²) in [5, 5.41) is 6.90. The lowest BCUT2D eigenvalue weighted by molar-refractivity contribution is -0.127. The summed E-state index contributed by atoms with van der Waals surface area (Å²) in [6, 6.07) is 28.7. The molecule has 5 nitrogen and oxygen atoms in total. The topological polar surface area (TPSA) is 59.9 Å². The summed E-state index contributed by atoms with van der Waals surface area (Å²) in [6.45, 7) is 2.14. The molecule has 6 heteroatoms. The van der Waals surface area contributed by atoms with Crippen LogP contribution in [0, 0.1) is 0 Å². The highest BCUT2D eigenvalue weighted by Gasteiger charge is 2.14. The third kappa shape index (κ3) is 6.34. The molecule has 0 aliphatic carbocycles. The van der Waals surface area contributed by atoms with Crippen molar-refractivity contribution in [2.45, 2.75) is 19.6 Å². The van der Waals surface area contributed by atoms with E-state index in [1.165, 1.54) is 0 Å². The van der Waals surface area contributed by atoms with Gasteiger partial charge in [-0.3, -0.25) is 4.79 Å². The van der Waals surface area contributed by atoms with Crippen LogP contribution in [0.2, 0.25) is 5.02 Å². The molecule has 0 radical (unpaired) electrons. The lowest BCUT2D eigenvalue weighted by Crippen LogP contribution is -2.33. The van der Waals surface area contributed by atoms with Gasteiger partial charge in [0.1, 0.15) is 18.1 Å². The minimum atomic E-state index is -0.688. The number of benzene rings is 4. The van der Waals surface area contributed by atoms with E-state index >= 15 is 0 Å². The number of nitrogens with zero attached hydrogens (tertiary/aromatic N) is 1. The number of hydrogen-bond acceptors (Lipinski definition) is 4. The van der Waals surface area contributed by atoms with Gasteiger partial charge in [-0.05, 0) is 77.4 Å². The van der Waals surface area contributed by atoms with E-state index in [1.54, 1.807) is 13.1 Å². The molecule has 0 spiro atoms. The minimum Gasteiger partial charge on any atom is -0.489 e. The number of rotatable bonds is 8. The maximum atomic E-state index is 12.3. The van der Waals surface area contributed by atoms with Crippen molar-refractivity contribution in [3.05, 3.63) is 107 Å². The maximum absolute atomic E-state index is 12.3. The number of halogens is 1. The monoisotopic (exact) mass is 458 g/mol. The van der Waals surface area contributed by atoms with E-state index in [0.717, 1.165) is 27.6 Å². The highest BCUT2D eigenvalue weighted by atomic mass is 35.5. The van der Waals surface area contributed by atoms with Crippen LogP contribution in [0.25, 0.3) is 10.8 Å². The Morgan fingerprint density at radius 1 is 0.939 bits per heavy atom. The van der Waals surface area contributed by atoms with Gasteiger partial charge in [-0.25, -0.2) is 5.43 Å². The highest BCUT2D eigenvalue weighted by Crippen LogP contribution is 2.21. The third-order valence-electron chi connectivity index (χ3n) is 4.99. The van der Waals surface area contributed by atoms with Gasteiger partial charge in [0.25, 0.3) is 5.91 Å². The van der Waals surface area contributed by atoms with E-state index in [9.17, 15) is 4.79 Å². The van der Waals surface area contributed by atoms with Crippen molar-refractivity contribution in [1.29, 1.82) is 0 Å². The van der Waals surface area contributed by atoms with Crippen molar-refractivity contribution in [2.24, 2.45) is 5.10 Å². The number of amides is 1. The van der Waals surface area contributed by atoms with Crippen LogP contribution in [0.4, 0.5) is 0 Å². The zero-order chi connectivity index (χ0) is 23.0. The van der Waals surface area contributed by atoms with Gasteiger partial charge >= 0.3 is 0 Å². The lowest BCUT2D eigenvalue weighted by atomic mass is 10.1. The third-order valence-corrected chi connectivity index (χ3v) is 5.24. The van der Waals surface area contributed by atoms with E-state index in [4.69, 9.17) is 21.1 Å². The number of carbonyl (C=O) groups excluding carboxylic acids is 1. The molecule has 0 aromatic heterocycles. The molecule has 0 aliphatic heterocycles. The number of hydrogen-bond donors (Lipinski definition) is 1. The molecular weight excluding hydrogens is 436 g/mol. The Morgan fingerprint density at radius 2 is 1.64 bits per heavy atom. The van der Waals surface area contributed by atoms with Crippen molar-refractivity contribution in [3.8, 4) is 11.5 Å². The maximum Gasteiger partial charge on any atom is 0.280 e. The second kappa shape index (κ2) is 10.7.